The third-order valence-corrected chi connectivity index (χ3v) is 3.95. The van der Waals surface area contributed by atoms with Crippen molar-refractivity contribution in [3.63, 3.8) is 0 Å². The highest BCUT2D eigenvalue weighted by molar-refractivity contribution is 8.14. The molecule has 0 atom stereocenters. The Balaban J connectivity index is 1.63. The number of benzene rings is 1. The van der Waals surface area contributed by atoms with E-state index in [4.69, 9.17) is 5.73 Å². The Morgan fingerprint density at radius 1 is 1.20 bits per heavy atom. The van der Waals surface area contributed by atoms with Crippen molar-refractivity contribution in [3.05, 3.63) is 35.9 Å². The van der Waals surface area contributed by atoms with Gasteiger partial charge in [-0.05, 0) is 24.8 Å². The van der Waals surface area contributed by atoms with Crippen LogP contribution in [0.15, 0.2) is 40.5 Å². The number of hydrogen-bond donors (Lipinski definition) is 1. The van der Waals surface area contributed by atoms with E-state index in [9.17, 15) is 4.79 Å². The molecule has 106 valence electrons. The van der Waals surface area contributed by atoms with Crippen molar-refractivity contribution < 1.29 is 4.79 Å². The highest BCUT2D eigenvalue weighted by Crippen LogP contribution is 2.12. The SMILES string of the molecule is NC1=NN=C(CCCCC(=O)Cc2ccccc2)CS1. The van der Waals surface area contributed by atoms with Crippen molar-refractivity contribution in [2.75, 3.05) is 5.75 Å². The summed E-state index contributed by atoms with van der Waals surface area (Å²) in [6.45, 7) is 0. The van der Waals surface area contributed by atoms with Crippen LogP contribution in [0, 0.1) is 0 Å². The lowest BCUT2D eigenvalue weighted by atomic mass is 10.0. The van der Waals surface area contributed by atoms with Crippen molar-refractivity contribution in [1.82, 2.24) is 0 Å². The molecule has 0 saturated heterocycles. The number of thioether (sulfide) groups is 1. The topological polar surface area (TPSA) is 67.8 Å². The fourth-order valence-corrected chi connectivity index (χ4v) is 2.64. The van der Waals surface area contributed by atoms with E-state index in [1.807, 2.05) is 30.3 Å². The van der Waals surface area contributed by atoms with Crippen LogP contribution in [0.3, 0.4) is 0 Å². The first-order chi connectivity index (χ1) is 9.74. The number of nitrogens with zero attached hydrogens (tertiary/aromatic N) is 2. The van der Waals surface area contributed by atoms with Gasteiger partial charge in [0, 0.05) is 18.6 Å². The molecule has 1 aliphatic heterocycles. The molecule has 1 aromatic rings. The van der Waals surface area contributed by atoms with E-state index in [0.717, 1.165) is 36.3 Å². The van der Waals surface area contributed by atoms with Crippen molar-refractivity contribution in [2.45, 2.75) is 32.1 Å². The van der Waals surface area contributed by atoms with E-state index in [0.29, 0.717) is 23.8 Å². The Bertz CT molecular complexity index is 511. The number of unbranched alkanes of at least 4 members (excludes halogenated alkanes) is 1. The monoisotopic (exact) mass is 289 g/mol. The van der Waals surface area contributed by atoms with Crippen molar-refractivity contribution in [3.8, 4) is 0 Å². The maximum atomic E-state index is 11.8. The molecule has 0 aromatic heterocycles. The second-order valence-corrected chi connectivity index (χ2v) is 5.80. The molecule has 4 nitrogen and oxygen atoms in total. The number of nitrogens with two attached hydrogens (primary N) is 1. The summed E-state index contributed by atoms with van der Waals surface area (Å²) in [7, 11) is 0. The van der Waals surface area contributed by atoms with Gasteiger partial charge in [-0.15, -0.1) is 5.10 Å². The molecule has 2 rings (SSSR count). The molecular weight excluding hydrogens is 270 g/mol. The van der Waals surface area contributed by atoms with Gasteiger partial charge in [-0.3, -0.25) is 4.79 Å². The molecule has 0 spiro atoms. The molecule has 0 radical (unpaired) electrons. The number of Topliss-reactive ketones (excluding diaryl/α,β-unsaturated/α-hetero) is 1. The first-order valence-corrected chi connectivity index (χ1v) is 7.80. The van der Waals surface area contributed by atoms with E-state index in [1.54, 1.807) is 0 Å². The second kappa shape index (κ2) is 7.85. The highest BCUT2D eigenvalue weighted by atomic mass is 32.2. The Morgan fingerprint density at radius 3 is 2.70 bits per heavy atom. The number of carbonyl (C=O) groups is 1. The first-order valence-electron chi connectivity index (χ1n) is 6.81. The Labute approximate surface area is 123 Å². The third kappa shape index (κ3) is 5.17. The zero-order valence-corrected chi connectivity index (χ0v) is 12.2. The minimum atomic E-state index is 0.304. The molecule has 2 N–H and O–H groups in total. The van der Waals surface area contributed by atoms with E-state index in [2.05, 4.69) is 10.2 Å². The summed E-state index contributed by atoms with van der Waals surface area (Å²) in [6, 6.07) is 9.89. The van der Waals surface area contributed by atoms with E-state index in [1.165, 1.54) is 11.8 Å². The Kier molecular flexibility index (Phi) is 5.80. The number of hydrogen-bond acceptors (Lipinski definition) is 5. The molecule has 0 saturated carbocycles. The average molecular weight is 289 g/mol. The smallest absolute Gasteiger partial charge is 0.180 e. The fourth-order valence-electron chi connectivity index (χ4n) is 2.02. The van der Waals surface area contributed by atoms with Crippen LogP contribution in [-0.2, 0) is 11.2 Å². The Hall–Kier alpha value is -1.62. The lowest BCUT2D eigenvalue weighted by Crippen LogP contribution is -2.15. The molecular formula is C15H19N3OS. The number of amidine groups is 1. The summed E-state index contributed by atoms with van der Waals surface area (Å²) in [5, 5.41) is 8.46. The van der Waals surface area contributed by atoms with Gasteiger partial charge < -0.3 is 5.73 Å². The predicted octanol–water partition coefficient (Wildman–Crippen LogP) is 2.78. The van der Waals surface area contributed by atoms with Gasteiger partial charge in [-0.25, -0.2) is 0 Å². The minimum Gasteiger partial charge on any atom is -0.377 e. The summed E-state index contributed by atoms with van der Waals surface area (Å²) < 4.78 is 0. The van der Waals surface area contributed by atoms with Crippen LogP contribution in [0.25, 0.3) is 0 Å². The van der Waals surface area contributed by atoms with Crippen LogP contribution >= 0.6 is 11.8 Å². The molecule has 1 aromatic carbocycles. The molecule has 0 aliphatic carbocycles. The van der Waals surface area contributed by atoms with E-state index < -0.39 is 0 Å². The van der Waals surface area contributed by atoms with Crippen molar-refractivity contribution in [1.29, 1.82) is 0 Å². The minimum absolute atomic E-state index is 0.304. The maximum absolute atomic E-state index is 11.8. The van der Waals surface area contributed by atoms with E-state index >= 15 is 0 Å². The number of rotatable bonds is 7. The summed E-state index contributed by atoms with van der Waals surface area (Å²) in [4.78, 5) is 11.8. The van der Waals surface area contributed by atoms with Gasteiger partial charge in [-0.1, -0.05) is 42.1 Å². The second-order valence-electron chi connectivity index (χ2n) is 4.80. The van der Waals surface area contributed by atoms with Gasteiger partial charge in [0.15, 0.2) is 5.17 Å². The summed E-state index contributed by atoms with van der Waals surface area (Å²) in [5.41, 5.74) is 7.69. The maximum Gasteiger partial charge on any atom is 0.180 e. The predicted molar refractivity (Wildman–Crippen MR) is 85.1 cm³/mol. The largest absolute Gasteiger partial charge is 0.377 e. The number of carbonyl (C=O) groups excluding carboxylic acids is 1. The van der Waals surface area contributed by atoms with Gasteiger partial charge in [-0.2, -0.15) is 5.10 Å². The molecule has 0 unspecified atom stereocenters. The van der Waals surface area contributed by atoms with Crippen LogP contribution in [0.2, 0.25) is 0 Å². The summed E-state index contributed by atoms with van der Waals surface area (Å²) in [6.07, 6.45) is 3.98. The molecule has 0 bridgehead atoms. The lowest BCUT2D eigenvalue weighted by Gasteiger charge is -2.08. The molecule has 5 heteroatoms. The highest BCUT2D eigenvalue weighted by Gasteiger charge is 2.08. The van der Waals surface area contributed by atoms with Gasteiger partial charge >= 0.3 is 0 Å². The van der Waals surface area contributed by atoms with Crippen LogP contribution in [0.5, 0.6) is 0 Å². The van der Waals surface area contributed by atoms with Gasteiger partial charge in [0.05, 0.1) is 5.71 Å². The quantitative estimate of drug-likeness (QED) is 0.785. The zero-order valence-electron chi connectivity index (χ0n) is 11.4. The van der Waals surface area contributed by atoms with Gasteiger partial charge in [0.2, 0.25) is 0 Å². The van der Waals surface area contributed by atoms with Crippen LogP contribution in [0.4, 0.5) is 0 Å². The molecule has 1 aliphatic rings. The van der Waals surface area contributed by atoms with Crippen LogP contribution < -0.4 is 5.73 Å². The normalized spacial score (nSPS) is 14.6. The van der Waals surface area contributed by atoms with Crippen molar-refractivity contribution >= 4 is 28.4 Å². The van der Waals surface area contributed by atoms with Crippen molar-refractivity contribution in [2.24, 2.45) is 15.9 Å². The summed E-state index contributed by atoms with van der Waals surface area (Å²) in [5.74, 6) is 1.13. The Morgan fingerprint density at radius 2 is 2.00 bits per heavy atom. The summed E-state index contributed by atoms with van der Waals surface area (Å²) >= 11 is 1.52. The molecule has 20 heavy (non-hydrogen) atoms. The fraction of sp³-hybridized carbons (Fsp3) is 0.400. The molecule has 0 amide bonds. The first kappa shape index (κ1) is 14.8. The van der Waals surface area contributed by atoms with E-state index in [-0.39, 0.29) is 0 Å². The number of ketones is 1. The molecule has 1 heterocycles. The standard InChI is InChI=1S/C15H19N3OS/c16-15-18-17-13(11-20-15)8-4-5-9-14(19)10-12-6-2-1-3-7-12/h1-3,6-7H,4-5,8-11H2,(H2,16,18). The van der Waals surface area contributed by atoms with Gasteiger partial charge in [0.25, 0.3) is 0 Å². The van der Waals surface area contributed by atoms with Crippen LogP contribution in [0.1, 0.15) is 31.2 Å². The van der Waals surface area contributed by atoms with Crippen LogP contribution in [-0.4, -0.2) is 22.4 Å². The van der Waals surface area contributed by atoms with Gasteiger partial charge in [0.1, 0.15) is 5.78 Å². The zero-order chi connectivity index (χ0) is 14.2. The molecule has 0 fully saturated rings. The lowest BCUT2D eigenvalue weighted by molar-refractivity contribution is -0.118. The third-order valence-electron chi connectivity index (χ3n) is 3.09. The average Bonchev–Trinajstić information content (AvgIpc) is 2.46.